The van der Waals surface area contributed by atoms with E-state index in [0.29, 0.717) is 10.6 Å². The molecule has 46 heavy (non-hydrogen) atoms. The van der Waals surface area contributed by atoms with E-state index < -0.39 is 33.5 Å². The van der Waals surface area contributed by atoms with Crippen molar-refractivity contribution < 1.29 is 33.6 Å². The van der Waals surface area contributed by atoms with E-state index in [-0.39, 0.29) is 36.3 Å². The van der Waals surface area contributed by atoms with E-state index in [1.165, 1.54) is 36.9 Å². The predicted octanol–water partition coefficient (Wildman–Crippen LogP) is 5.24. The van der Waals surface area contributed by atoms with Gasteiger partial charge in [-0.1, -0.05) is 36.0 Å². The molecule has 3 heterocycles. The van der Waals surface area contributed by atoms with E-state index in [1.807, 2.05) is 59.1 Å². The van der Waals surface area contributed by atoms with Gasteiger partial charge in [0.25, 0.3) is 23.2 Å². The van der Waals surface area contributed by atoms with Crippen molar-refractivity contribution in [2.75, 3.05) is 11.9 Å². The lowest BCUT2D eigenvalue weighted by molar-refractivity contribution is -0.662. The van der Waals surface area contributed by atoms with Crippen molar-refractivity contribution in [3.8, 4) is 0 Å². The molecule has 14 heteroatoms. The summed E-state index contributed by atoms with van der Waals surface area (Å²) in [6.45, 7) is 1.71. The van der Waals surface area contributed by atoms with Gasteiger partial charge in [0.1, 0.15) is 0 Å². The molecule has 0 radical (unpaired) electrons. The summed E-state index contributed by atoms with van der Waals surface area (Å²) < 4.78 is 1.96. The van der Waals surface area contributed by atoms with Crippen LogP contribution in [0.2, 0.25) is 0 Å². The van der Waals surface area contributed by atoms with Crippen molar-refractivity contribution in [3.63, 3.8) is 0 Å². The highest BCUT2D eigenvalue weighted by molar-refractivity contribution is 8.03. The summed E-state index contributed by atoms with van der Waals surface area (Å²) in [6, 6.07) is 19.1. The monoisotopic (exact) mass is 640 g/mol. The average Bonchev–Trinajstić information content (AvgIpc) is 3.53. The van der Waals surface area contributed by atoms with Crippen LogP contribution in [0.5, 0.6) is 0 Å². The van der Waals surface area contributed by atoms with E-state index in [9.17, 15) is 34.6 Å². The number of para-hydroxylation sites is 1. The summed E-state index contributed by atoms with van der Waals surface area (Å²) in [5, 5.41) is 25.6. The van der Waals surface area contributed by atoms with Crippen LogP contribution in [0.3, 0.4) is 0 Å². The van der Waals surface area contributed by atoms with Crippen LogP contribution < -0.4 is 9.47 Å². The number of hydrogen-bond donors (Lipinski definition) is 0. The third kappa shape index (κ3) is 5.65. The molecule has 232 valence electrons. The lowest BCUT2D eigenvalue weighted by Crippen LogP contribution is -2.35. The molecule has 1 unspecified atom stereocenters. The number of nitro benzene ring substituents is 2. The quantitative estimate of drug-likeness (QED) is 0.108. The minimum absolute atomic E-state index is 0.0322. The number of fused-ring (bicyclic) bond motifs is 2. The summed E-state index contributed by atoms with van der Waals surface area (Å²) in [5.41, 5.74) is 3.14. The normalized spacial score (nSPS) is 15.8. The van der Waals surface area contributed by atoms with Gasteiger partial charge < -0.3 is 9.74 Å². The average molecular weight is 641 g/mol. The van der Waals surface area contributed by atoms with Crippen molar-refractivity contribution in [1.82, 2.24) is 5.06 Å². The van der Waals surface area contributed by atoms with Gasteiger partial charge in [-0.05, 0) is 30.7 Å². The molecule has 1 saturated heterocycles. The number of carbonyl (C=O) groups is 3. The summed E-state index contributed by atoms with van der Waals surface area (Å²) >= 11 is 1.45. The molecule has 0 aliphatic carbocycles. The van der Waals surface area contributed by atoms with Crippen LogP contribution in [0.4, 0.5) is 17.1 Å². The number of benzene rings is 3. The Morgan fingerprint density at radius 2 is 1.76 bits per heavy atom. The molecule has 1 aromatic heterocycles. The number of rotatable bonds is 8. The third-order valence-electron chi connectivity index (χ3n) is 7.95. The van der Waals surface area contributed by atoms with Gasteiger partial charge in [-0.15, -0.1) is 5.06 Å². The van der Waals surface area contributed by atoms with Crippen LogP contribution in [0.1, 0.15) is 42.4 Å². The highest BCUT2D eigenvalue weighted by Gasteiger charge is 2.36. The smallest absolute Gasteiger partial charge is 0.338 e. The number of amides is 2. The van der Waals surface area contributed by atoms with Crippen LogP contribution in [-0.2, 0) is 25.8 Å². The lowest BCUT2D eigenvalue weighted by Gasteiger charge is -2.16. The highest BCUT2D eigenvalue weighted by Crippen LogP contribution is 2.47. The number of nitrogens with zero attached hydrogens (tertiary/aromatic N) is 5. The number of imide groups is 1. The van der Waals surface area contributed by atoms with Gasteiger partial charge in [0.15, 0.2) is 12.7 Å². The Bertz CT molecular complexity index is 2000. The molecular weight excluding hydrogens is 614 g/mol. The molecule has 2 aliphatic heterocycles. The molecule has 0 spiro atoms. The van der Waals surface area contributed by atoms with Crippen molar-refractivity contribution >= 4 is 63.6 Å². The van der Waals surface area contributed by atoms with Crippen LogP contribution >= 0.6 is 11.8 Å². The largest absolute Gasteiger partial charge is 0.340 e. The SMILES string of the molecule is CC(C(=O)ON1C(=O)CCC1=O)c1ccc(C[n+]2ccc(/C=C3\Sc4cc([N+](=O)[O-])ccc4N3C)c3ccccc32)cc1[N+](=O)[O-]. The first-order chi connectivity index (χ1) is 22.0. The first kappa shape index (κ1) is 30.4. The summed E-state index contributed by atoms with van der Waals surface area (Å²) in [6.07, 6.45) is 3.79. The molecule has 3 aromatic carbocycles. The van der Waals surface area contributed by atoms with Crippen LogP contribution in [-0.4, -0.2) is 39.7 Å². The molecule has 2 aliphatic rings. The van der Waals surface area contributed by atoms with Gasteiger partial charge in [0, 0.05) is 66.2 Å². The molecule has 1 atom stereocenters. The molecule has 0 bridgehead atoms. The molecule has 1 fully saturated rings. The van der Waals surface area contributed by atoms with E-state index in [4.69, 9.17) is 4.84 Å². The minimum Gasteiger partial charge on any atom is -0.338 e. The van der Waals surface area contributed by atoms with Gasteiger partial charge in [0.05, 0.1) is 31.9 Å². The van der Waals surface area contributed by atoms with E-state index in [0.717, 1.165) is 32.1 Å². The van der Waals surface area contributed by atoms with Gasteiger partial charge in [-0.2, -0.15) is 4.57 Å². The second-order valence-corrected chi connectivity index (χ2v) is 11.9. The van der Waals surface area contributed by atoms with Gasteiger partial charge in [0.2, 0.25) is 5.52 Å². The Balaban J connectivity index is 1.27. The molecule has 13 nitrogen and oxygen atoms in total. The zero-order valence-electron chi connectivity index (χ0n) is 24.6. The van der Waals surface area contributed by atoms with Crippen molar-refractivity contribution in [2.45, 2.75) is 37.1 Å². The molecule has 2 amide bonds. The summed E-state index contributed by atoms with van der Waals surface area (Å²) in [5.74, 6) is -3.32. The first-order valence-electron chi connectivity index (χ1n) is 14.2. The maximum Gasteiger partial charge on any atom is 0.340 e. The van der Waals surface area contributed by atoms with Crippen LogP contribution in [0.25, 0.3) is 17.0 Å². The Morgan fingerprint density at radius 3 is 2.48 bits per heavy atom. The van der Waals surface area contributed by atoms with Gasteiger partial charge >= 0.3 is 5.97 Å². The number of carbonyl (C=O) groups excluding carboxylic acids is 3. The molecule has 0 saturated carbocycles. The van der Waals surface area contributed by atoms with Crippen LogP contribution in [0.15, 0.2) is 82.9 Å². The van der Waals surface area contributed by atoms with E-state index >= 15 is 0 Å². The summed E-state index contributed by atoms with van der Waals surface area (Å²) in [4.78, 5) is 66.6. The maximum atomic E-state index is 12.7. The molecule has 4 aromatic rings. The fourth-order valence-corrected chi connectivity index (χ4v) is 6.60. The molecular formula is C32H26N5O8S+. The Morgan fingerprint density at radius 1 is 1.02 bits per heavy atom. The van der Waals surface area contributed by atoms with Crippen LogP contribution in [0, 0.1) is 20.2 Å². The Kier molecular flexibility index (Phi) is 7.96. The maximum absolute atomic E-state index is 12.7. The number of aromatic nitrogens is 1. The molecule has 6 rings (SSSR count). The Labute approximate surface area is 265 Å². The topological polar surface area (TPSA) is 157 Å². The summed E-state index contributed by atoms with van der Waals surface area (Å²) in [7, 11) is 1.91. The zero-order valence-corrected chi connectivity index (χ0v) is 25.4. The fraction of sp³-hybridized carbons (Fsp3) is 0.188. The number of anilines is 1. The fourth-order valence-electron chi connectivity index (χ4n) is 5.47. The van der Waals surface area contributed by atoms with Crippen molar-refractivity contribution in [1.29, 1.82) is 0 Å². The standard InChI is InChI=1S/C32H26N5O8S/c1-19(32(40)45-35-29(38)11-12-30(35)39)23-9-7-20(15-27(23)37(43)44)18-34-14-13-21(24-5-3-4-6-25(24)34)16-31-33(2)26-10-8-22(36(41)42)17-28(26)46-31/h3-10,13-17,19H,11-12,18H2,1-2H3/q+1. The highest BCUT2D eigenvalue weighted by atomic mass is 32.2. The zero-order chi connectivity index (χ0) is 32.7. The van der Waals surface area contributed by atoms with Crippen molar-refractivity contribution in [3.05, 3.63) is 115 Å². The van der Waals surface area contributed by atoms with E-state index in [2.05, 4.69) is 0 Å². The first-order valence-corrected chi connectivity index (χ1v) is 15.0. The van der Waals surface area contributed by atoms with Crippen molar-refractivity contribution in [2.24, 2.45) is 0 Å². The Hall–Kier alpha value is -5.63. The van der Waals surface area contributed by atoms with Gasteiger partial charge in [-0.25, -0.2) is 4.79 Å². The second-order valence-electron chi connectivity index (χ2n) is 10.8. The number of pyridine rings is 1. The van der Waals surface area contributed by atoms with Gasteiger partial charge in [-0.3, -0.25) is 29.8 Å². The predicted molar refractivity (Wildman–Crippen MR) is 167 cm³/mol. The second kappa shape index (κ2) is 12.0. The number of thioether (sulfide) groups is 1. The number of hydroxylamine groups is 2. The van der Waals surface area contributed by atoms with E-state index in [1.54, 1.807) is 18.2 Å². The number of nitro groups is 2. The molecule has 0 N–H and O–H groups in total. The minimum atomic E-state index is -1.11. The number of hydrogen-bond acceptors (Lipinski definition) is 10. The third-order valence-corrected chi connectivity index (χ3v) is 9.10. The number of non-ortho nitro benzene ring substituents is 1. The lowest BCUT2D eigenvalue weighted by atomic mass is 9.97.